The molecule has 0 aromatic heterocycles. The van der Waals surface area contributed by atoms with Crippen molar-refractivity contribution >= 4 is 5.84 Å². The van der Waals surface area contributed by atoms with Crippen molar-refractivity contribution in [2.45, 2.75) is 0 Å². The highest BCUT2D eigenvalue weighted by Crippen LogP contribution is 2.05. The Morgan fingerprint density at radius 3 is 2.56 bits per heavy atom. The topological polar surface area (TPSA) is 84.0 Å². The van der Waals surface area contributed by atoms with E-state index in [4.69, 9.17) is 10.5 Å². The summed E-state index contributed by atoms with van der Waals surface area (Å²) in [6.45, 7) is 1.18. The zero-order valence-electron chi connectivity index (χ0n) is 9.64. The van der Waals surface area contributed by atoms with E-state index < -0.39 is 0 Å². The molecule has 0 aliphatic carbocycles. The second-order valence-corrected chi connectivity index (χ2v) is 3.62. The summed E-state index contributed by atoms with van der Waals surface area (Å²) >= 11 is 0. The lowest BCUT2D eigenvalue weighted by atomic mass is 10.2. The number of hydrogen-bond acceptors (Lipinski definition) is 5. The van der Waals surface area contributed by atoms with Gasteiger partial charge in [-0.1, -0.05) is 30.3 Å². The van der Waals surface area contributed by atoms with Crippen molar-refractivity contribution < 1.29 is 0 Å². The quantitative estimate of drug-likeness (QED) is 0.710. The van der Waals surface area contributed by atoms with E-state index in [1.165, 1.54) is 0 Å². The van der Waals surface area contributed by atoms with Gasteiger partial charge in [0.1, 0.15) is 23.8 Å². The Balaban J connectivity index is 2.35. The maximum Gasteiger partial charge on any atom is 0.169 e. The molecule has 0 fully saturated rings. The summed E-state index contributed by atoms with van der Waals surface area (Å²) in [5, 5.41) is 23.8. The fourth-order valence-electron chi connectivity index (χ4n) is 1.60. The van der Waals surface area contributed by atoms with Crippen LogP contribution < -0.4 is 10.6 Å². The first-order valence-electron chi connectivity index (χ1n) is 5.50. The van der Waals surface area contributed by atoms with Crippen molar-refractivity contribution in [2.24, 2.45) is 4.99 Å². The van der Waals surface area contributed by atoms with E-state index in [1.807, 2.05) is 42.5 Å². The third kappa shape index (κ3) is 2.47. The van der Waals surface area contributed by atoms with Gasteiger partial charge >= 0.3 is 0 Å². The maximum atomic E-state index is 8.88. The second kappa shape index (κ2) is 5.51. The van der Waals surface area contributed by atoms with Gasteiger partial charge in [-0.05, 0) is 0 Å². The fraction of sp³-hybridized carbons (Fsp3) is 0.154. The molecule has 1 aromatic carbocycles. The van der Waals surface area contributed by atoms with Crippen LogP contribution in [0.2, 0.25) is 0 Å². The molecule has 5 heteroatoms. The molecule has 0 spiro atoms. The average molecular weight is 237 g/mol. The van der Waals surface area contributed by atoms with Crippen LogP contribution in [0.25, 0.3) is 0 Å². The van der Waals surface area contributed by atoms with E-state index in [2.05, 4.69) is 15.6 Å². The van der Waals surface area contributed by atoms with Crippen molar-refractivity contribution in [3.8, 4) is 12.1 Å². The third-order valence-electron chi connectivity index (χ3n) is 2.45. The Morgan fingerprint density at radius 2 is 1.89 bits per heavy atom. The Hall–Kier alpha value is -2.79. The van der Waals surface area contributed by atoms with Crippen molar-refractivity contribution in [1.82, 2.24) is 10.6 Å². The highest BCUT2D eigenvalue weighted by atomic mass is 15.2. The minimum atomic E-state index is 0.0283. The fourth-order valence-corrected chi connectivity index (χ4v) is 1.60. The van der Waals surface area contributed by atoms with Crippen molar-refractivity contribution in [2.75, 3.05) is 13.1 Å². The molecule has 1 heterocycles. The SMILES string of the molecule is N#CC(C#N)=C1NCCN=C(c2ccccc2)N1. The summed E-state index contributed by atoms with van der Waals surface area (Å²) in [7, 11) is 0. The number of nitrogens with zero attached hydrogens (tertiary/aromatic N) is 3. The number of rotatable bonds is 1. The van der Waals surface area contributed by atoms with Crippen LogP contribution >= 0.6 is 0 Å². The molecule has 0 atom stereocenters. The lowest BCUT2D eigenvalue weighted by Crippen LogP contribution is -2.31. The minimum absolute atomic E-state index is 0.0283. The Kier molecular flexibility index (Phi) is 3.58. The predicted octanol–water partition coefficient (Wildman–Crippen LogP) is 0.885. The molecule has 88 valence electrons. The second-order valence-electron chi connectivity index (χ2n) is 3.62. The summed E-state index contributed by atoms with van der Waals surface area (Å²) in [4.78, 5) is 4.38. The Bertz CT molecular complexity index is 556. The van der Waals surface area contributed by atoms with Crippen LogP contribution in [0, 0.1) is 22.7 Å². The summed E-state index contributed by atoms with van der Waals surface area (Å²) < 4.78 is 0. The number of nitrogens with one attached hydrogen (secondary N) is 2. The molecule has 0 radical (unpaired) electrons. The third-order valence-corrected chi connectivity index (χ3v) is 2.45. The van der Waals surface area contributed by atoms with Gasteiger partial charge < -0.3 is 10.6 Å². The van der Waals surface area contributed by atoms with Crippen LogP contribution in [0.15, 0.2) is 46.7 Å². The van der Waals surface area contributed by atoms with Gasteiger partial charge in [-0.15, -0.1) is 0 Å². The maximum absolute atomic E-state index is 8.88. The van der Waals surface area contributed by atoms with E-state index in [0.29, 0.717) is 24.7 Å². The molecule has 0 unspecified atom stereocenters. The summed E-state index contributed by atoms with van der Waals surface area (Å²) in [5.74, 6) is 1.08. The lowest BCUT2D eigenvalue weighted by Gasteiger charge is -2.10. The molecule has 1 aliphatic rings. The molecular weight excluding hydrogens is 226 g/mol. The first-order chi connectivity index (χ1) is 8.85. The van der Waals surface area contributed by atoms with E-state index in [1.54, 1.807) is 0 Å². The first kappa shape index (κ1) is 11.7. The molecule has 1 aliphatic heterocycles. The summed E-state index contributed by atoms with van der Waals surface area (Å²) in [6, 6.07) is 13.3. The zero-order chi connectivity index (χ0) is 12.8. The largest absolute Gasteiger partial charge is 0.368 e. The molecule has 0 bridgehead atoms. The number of hydrogen-bond donors (Lipinski definition) is 2. The van der Waals surface area contributed by atoms with Gasteiger partial charge in [0, 0.05) is 12.1 Å². The van der Waals surface area contributed by atoms with Crippen LogP contribution in [-0.2, 0) is 0 Å². The lowest BCUT2D eigenvalue weighted by molar-refractivity contribution is 0.785. The molecular formula is C13H11N5. The van der Waals surface area contributed by atoms with Gasteiger partial charge in [-0.2, -0.15) is 10.5 Å². The monoisotopic (exact) mass is 237 g/mol. The van der Waals surface area contributed by atoms with Crippen molar-refractivity contribution in [3.05, 3.63) is 47.3 Å². The predicted molar refractivity (Wildman–Crippen MR) is 67.2 cm³/mol. The van der Waals surface area contributed by atoms with Gasteiger partial charge in [0.2, 0.25) is 0 Å². The van der Waals surface area contributed by atoms with Crippen LogP contribution in [0.5, 0.6) is 0 Å². The Morgan fingerprint density at radius 1 is 1.17 bits per heavy atom. The highest BCUT2D eigenvalue weighted by molar-refractivity contribution is 6.00. The average Bonchev–Trinajstić information content (AvgIpc) is 2.67. The van der Waals surface area contributed by atoms with Gasteiger partial charge in [0.05, 0.1) is 6.54 Å². The molecule has 1 aromatic rings. The molecule has 0 saturated heterocycles. The van der Waals surface area contributed by atoms with Gasteiger partial charge in [0.15, 0.2) is 5.57 Å². The molecule has 5 nitrogen and oxygen atoms in total. The summed E-state index contributed by atoms with van der Waals surface area (Å²) in [6.07, 6.45) is 0. The van der Waals surface area contributed by atoms with Crippen molar-refractivity contribution in [3.63, 3.8) is 0 Å². The van der Waals surface area contributed by atoms with Gasteiger partial charge in [-0.3, -0.25) is 4.99 Å². The van der Waals surface area contributed by atoms with Gasteiger partial charge in [-0.25, -0.2) is 0 Å². The number of nitriles is 2. The van der Waals surface area contributed by atoms with Crippen LogP contribution in [0.4, 0.5) is 0 Å². The standard InChI is InChI=1S/C13H11N5/c14-8-11(9-15)13-17-7-6-16-12(18-13)10-4-2-1-3-5-10/h1-5,17H,6-7H2,(H,16,18). The normalized spacial score (nSPS) is 14.1. The molecule has 0 amide bonds. The molecule has 2 N–H and O–H groups in total. The minimum Gasteiger partial charge on any atom is -0.368 e. The van der Waals surface area contributed by atoms with E-state index >= 15 is 0 Å². The molecule has 18 heavy (non-hydrogen) atoms. The zero-order valence-corrected chi connectivity index (χ0v) is 9.64. The molecule has 2 rings (SSSR count). The van der Waals surface area contributed by atoms with E-state index in [-0.39, 0.29) is 5.57 Å². The first-order valence-corrected chi connectivity index (χ1v) is 5.50. The number of aliphatic imine (C=N–C) groups is 1. The van der Waals surface area contributed by atoms with E-state index in [9.17, 15) is 0 Å². The van der Waals surface area contributed by atoms with Crippen molar-refractivity contribution in [1.29, 1.82) is 10.5 Å². The number of benzene rings is 1. The molecule has 0 saturated carbocycles. The smallest absolute Gasteiger partial charge is 0.169 e. The number of amidine groups is 1. The van der Waals surface area contributed by atoms with E-state index in [0.717, 1.165) is 5.56 Å². The Labute approximate surface area is 105 Å². The van der Waals surface area contributed by atoms with Gasteiger partial charge in [0.25, 0.3) is 0 Å². The highest BCUT2D eigenvalue weighted by Gasteiger charge is 2.12. The van der Waals surface area contributed by atoms with Crippen LogP contribution in [0.1, 0.15) is 5.56 Å². The van der Waals surface area contributed by atoms with Crippen LogP contribution in [-0.4, -0.2) is 18.9 Å². The van der Waals surface area contributed by atoms with Crippen LogP contribution in [0.3, 0.4) is 0 Å². The number of allylic oxidation sites excluding steroid dienone is 1. The summed E-state index contributed by atoms with van der Waals surface area (Å²) in [5.41, 5.74) is 0.953.